The van der Waals surface area contributed by atoms with Crippen LogP contribution in [0.5, 0.6) is 5.75 Å². The molecule has 0 aliphatic carbocycles. The first-order valence-electron chi connectivity index (χ1n) is 4.44. The summed E-state index contributed by atoms with van der Waals surface area (Å²) in [5.74, 6) is 0.318. The molecule has 0 heterocycles. The van der Waals surface area contributed by atoms with Gasteiger partial charge in [-0.25, -0.2) is 0 Å². The van der Waals surface area contributed by atoms with E-state index in [9.17, 15) is 5.11 Å². The highest BCUT2D eigenvalue weighted by molar-refractivity contribution is 9.10. The van der Waals surface area contributed by atoms with Gasteiger partial charge in [-0.15, -0.1) is 0 Å². The number of nitrogens with one attached hydrogen (secondary N) is 1. The molecule has 1 aromatic carbocycles. The molecule has 1 rings (SSSR count). The van der Waals surface area contributed by atoms with Gasteiger partial charge in [0.25, 0.3) is 0 Å². The number of aliphatic hydroxyl groups is 1. The van der Waals surface area contributed by atoms with Crippen molar-refractivity contribution >= 4 is 15.9 Å². The Balaban J connectivity index is 2.75. The SMILES string of the molecule is Cc1cc(Br)cc(CNCCO)c1O. The number of benzene rings is 1. The summed E-state index contributed by atoms with van der Waals surface area (Å²) in [6.45, 7) is 3.06. The summed E-state index contributed by atoms with van der Waals surface area (Å²) >= 11 is 3.37. The van der Waals surface area contributed by atoms with Gasteiger partial charge in [0.15, 0.2) is 0 Å². The van der Waals surface area contributed by atoms with Crippen molar-refractivity contribution in [2.24, 2.45) is 0 Å². The van der Waals surface area contributed by atoms with Crippen LogP contribution in [0.2, 0.25) is 0 Å². The second-order valence-electron chi connectivity index (χ2n) is 3.13. The lowest BCUT2D eigenvalue weighted by Gasteiger charge is -2.08. The van der Waals surface area contributed by atoms with Crippen molar-refractivity contribution in [1.82, 2.24) is 5.32 Å². The quantitative estimate of drug-likeness (QED) is 0.720. The summed E-state index contributed by atoms with van der Waals surface area (Å²) in [6, 6.07) is 3.73. The largest absolute Gasteiger partial charge is 0.507 e. The van der Waals surface area contributed by atoms with Crippen molar-refractivity contribution in [2.75, 3.05) is 13.2 Å². The van der Waals surface area contributed by atoms with Crippen LogP contribution in [0.4, 0.5) is 0 Å². The molecule has 0 atom stereocenters. The number of rotatable bonds is 4. The third-order valence-corrected chi connectivity index (χ3v) is 2.41. The molecule has 0 bridgehead atoms. The minimum Gasteiger partial charge on any atom is -0.507 e. The molecule has 0 unspecified atom stereocenters. The number of aliphatic hydroxyl groups excluding tert-OH is 1. The highest BCUT2D eigenvalue weighted by Crippen LogP contribution is 2.26. The fraction of sp³-hybridized carbons (Fsp3) is 0.400. The Labute approximate surface area is 91.9 Å². The predicted octanol–water partition coefficient (Wildman–Crippen LogP) is 1.55. The molecule has 1 aromatic rings. The van der Waals surface area contributed by atoms with Crippen molar-refractivity contribution in [1.29, 1.82) is 0 Å². The molecule has 0 spiro atoms. The van der Waals surface area contributed by atoms with E-state index in [1.165, 1.54) is 0 Å². The van der Waals surface area contributed by atoms with Crippen molar-refractivity contribution in [3.63, 3.8) is 0 Å². The molecule has 0 amide bonds. The third-order valence-electron chi connectivity index (χ3n) is 1.95. The maximum absolute atomic E-state index is 9.70. The number of aromatic hydroxyl groups is 1. The minimum absolute atomic E-state index is 0.105. The van der Waals surface area contributed by atoms with Crippen LogP contribution >= 0.6 is 15.9 Å². The molecule has 0 radical (unpaired) electrons. The summed E-state index contributed by atoms with van der Waals surface area (Å²) in [5.41, 5.74) is 1.69. The van der Waals surface area contributed by atoms with Gasteiger partial charge in [-0.1, -0.05) is 15.9 Å². The fourth-order valence-corrected chi connectivity index (χ4v) is 1.86. The lowest BCUT2D eigenvalue weighted by molar-refractivity contribution is 0.291. The standard InChI is InChI=1S/C10H14BrNO2/c1-7-4-9(11)5-8(10(7)14)6-12-2-3-13/h4-5,12-14H,2-3,6H2,1H3. The molecule has 4 heteroatoms. The van der Waals surface area contributed by atoms with E-state index >= 15 is 0 Å². The van der Waals surface area contributed by atoms with E-state index in [0.29, 0.717) is 18.8 Å². The first-order valence-corrected chi connectivity index (χ1v) is 5.24. The van der Waals surface area contributed by atoms with Crippen LogP contribution in [0.1, 0.15) is 11.1 Å². The molecule has 0 fully saturated rings. The summed E-state index contributed by atoms with van der Waals surface area (Å²) in [5, 5.41) is 21.3. The van der Waals surface area contributed by atoms with E-state index in [4.69, 9.17) is 5.11 Å². The minimum atomic E-state index is 0.105. The molecule has 0 saturated heterocycles. The van der Waals surface area contributed by atoms with Gasteiger partial charge in [0.05, 0.1) is 6.61 Å². The molecule has 3 N–H and O–H groups in total. The fourth-order valence-electron chi connectivity index (χ4n) is 1.24. The van der Waals surface area contributed by atoms with E-state index < -0.39 is 0 Å². The lowest BCUT2D eigenvalue weighted by atomic mass is 10.1. The number of phenolic OH excluding ortho intramolecular Hbond substituents is 1. The third kappa shape index (κ3) is 2.97. The normalized spacial score (nSPS) is 10.5. The topological polar surface area (TPSA) is 52.5 Å². The molecule has 14 heavy (non-hydrogen) atoms. The Bertz CT molecular complexity index is 315. The first-order chi connectivity index (χ1) is 6.65. The second kappa shape index (κ2) is 5.34. The Hall–Kier alpha value is -0.580. The van der Waals surface area contributed by atoms with Crippen LogP contribution in [0, 0.1) is 6.92 Å². The summed E-state index contributed by atoms with van der Waals surface area (Å²) in [4.78, 5) is 0. The van der Waals surface area contributed by atoms with Gasteiger partial charge >= 0.3 is 0 Å². The number of hydrogen-bond donors (Lipinski definition) is 3. The van der Waals surface area contributed by atoms with Crippen molar-refractivity contribution in [3.05, 3.63) is 27.7 Å². The highest BCUT2D eigenvalue weighted by Gasteiger charge is 2.05. The monoisotopic (exact) mass is 259 g/mol. The number of phenols is 1. The summed E-state index contributed by atoms with van der Waals surface area (Å²) in [6.07, 6.45) is 0. The summed E-state index contributed by atoms with van der Waals surface area (Å²) < 4.78 is 0.952. The van der Waals surface area contributed by atoms with Crippen LogP contribution in [0.25, 0.3) is 0 Å². The summed E-state index contributed by atoms with van der Waals surface area (Å²) in [7, 11) is 0. The van der Waals surface area contributed by atoms with Gasteiger partial charge in [0, 0.05) is 23.1 Å². The van der Waals surface area contributed by atoms with Crippen LogP contribution < -0.4 is 5.32 Å². The average molecular weight is 260 g/mol. The van der Waals surface area contributed by atoms with Crippen molar-refractivity contribution < 1.29 is 10.2 Å². The van der Waals surface area contributed by atoms with E-state index in [1.807, 2.05) is 19.1 Å². The van der Waals surface area contributed by atoms with E-state index in [-0.39, 0.29) is 6.61 Å². The predicted molar refractivity (Wildman–Crippen MR) is 59.3 cm³/mol. The second-order valence-corrected chi connectivity index (χ2v) is 4.05. The van der Waals surface area contributed by atoms with E-state index in [1.54, 1.807) is 0 Å². The molecule has 0 aromatic heterocycles. The van der Waals surface area contributed by atoms with Gasteiger partial charge in [-0.3, -0.25) is 0 Å². The Morgan fingerprint density at radius 1 is 1.43 bits per heavy atom. The lowest BCUT2D eigenvalue weighted by Crippen LogP contribution is -2.17. The maximum atomic E-state index is 9.70. The molecular formula is C10H14BrNO2. The first kappa shape index (κ1) is 11.5. The number of aryl methyl sites for hydroxylation is 1. The molecular weight excluding hydrogens is 246 g/mol. The molecule has 3 nitrogen and oxygen atoms in total. The molecule has 0 aliphatic rings. The van der Waals surface area contributed by atoms with E-state index in [0.717, 1.165) is 15.6 Å². The van der Waals surface area contributed by atoms with Gasteiger partial charge in [0.1, 0.15) is 5.75 Å². The van der Waals surface area contributed by atoms with Crippen LogP contribution in [-0.2, 0) is 6.54 Å². The Morgan fingerprint density at radius 2 is 2.14 bits per heavy atom. The molecule has 78 valence electrons. The van der Waals surface area contributed by atoms with Gasteiger partial charge in [-0.05, 0) is 24.6 Å². The van der Waals surface area contributed by atoms with Crippen LogP contribution in [0.15, 0.2) is 16.6 Å². The zero-order valence-electron chi connectivity index (χ0n) is 8.05. The molecule has 0 saturated carbocycles. The van der Waals surface area contributed by atoms with Gasteiger partial charge in [-0.2, -0.15) is 0 Å². The number of halogens is 1. The zero-order chi connectivity index (χ0) is 10.6. The average Bonchev–Trinajstić information content (AvgIpc) is 2.13. The van der Waals surface area contributed by atoms with Crippen molar-refractivity contribution in [3.8, 4) is 5.75 Å². The zero-order valence-corrected chi connectivity index (χ0v) is 9.63. The number of hydrogen-bond acceptors (Lipinski definition) is 3. The maximum Gasteiger partial charge on any atom is 0.123 e. The van der Waals surface area contributed by atoms with Crippen molar-refractivity contribution in [2.45, 2.75) is 13.5 Å². The highest BCUT2D eigenvalue weighted by atomic mass is 79.9. The molecule has 0 aliphatic heterocycles. The van der Waals surface area contributed by atoms with E-state index in [2.05, 4.69) is 21.2 Å². The van der Waals surface area contributed by atoms with Crippen LogP contribution in [0.3, 0.4) is 0 Å². The van der Waals surface area contributed by atoms with Gasteiger partial charge < -0.3 is 15.5 Å². The smallest absolute Gasteiger partial charge is 0.123 e. The van der Waals surface area contributed by atoms with Gasteiger partial charge in [0.2, 0.25) is 0 Å². The van der Waals surface area contributed by atoms with Crippen LogP contribution in [-0.4, -0.2) is 23.4 Å². The Kier molecular flexibility index (Phi) is 4.38. The Morgan fingerprint density at radius 3 is 2.79 bits per heavy atom.